The molecule has 1 nitrogen and oxygen atoms in total. The Balaban J connectivity index is 3.18. The second-order valence-electron chi connectivity index (χ2n) is 2.31. The van der Waals surface area contributed by atoms with Gasteiger partial charge in [0.05, 0.1) is 0 Å². The summed E-state index contributed by atoms with van der Waals surface area (Å²) in [6.07, 6.45) is -4.58. The number of nitrogens with zero attached hydrogens (tertiary/aromatic N) is 1. The van der Waals surface area contributed by atoms with Gasteiger partial charge in [-0.25, -0.2) is 9.37 Å². The molecule has 0 saturated heterocycles. The van der Waals surface area contributed by atoms with E-state index in [9.17, 15) is 17.6 Å². The summed E-state index contributed by atoms with van der Waals surface area (Å²) in [4.78, 5) is 3.14. The summed E-state index contributed by atoms with van der Waals surface area (Å²) >= 11 is 0. The molecule has 1 heterocycles. The molecule has 0 atom stereocenters. The Morgan fingerprint density at radius 1 is 1.25 bits per heavy atom. The highest BCUT2D eigenvalue weighted by Gasteiger charge is 2.32. The number of hydrogen-bond donors (Lipinski definition) is 0. The first-order valence-electron chi connectivity index (χ1n) is 3.11. The fraction of sp³-hybridized carbons (Fsp3) is 0.286. The predicted molar refractivity (Wildman–Crippen MR) is 33.9 cm³/mol. The van der Waals surface area contributed by atoms with Crippen LogP contribution in [0.2, 0.25) is 0 Å². The molecule has 12 heavy (non-hydrogen) atoms. The summed E-state index contributed by atoms with van der Waals surface area (Å²) in [7, 11) is 0. The maximum atomic E-state index is 12.4. The lowest BCUT2D eigenvalue weighted by Gasteiger charge is -2.05. The predicted octanol–water partition coefficient (Wildman–Crippen LogP) is 2.55. The van der Waals surface area contributed by atoms with Crippen molar-refractivity contribution in [3.63, 3.8) is 0 Å². The van der Waals surface area contributed by atoms with Gasteiger partial charge in [0.25, 0.3) is 0 Å². The minimum Gasteiger partial charge on any atom is -0.248 e. The average molecular weight is 179 g/mol. The van der Waals surface area contributed by atoms with Crippen molar-refractivity contribution in [3.05, 3.63) is 29.3 Å². The standard InChI is InChI=1S/C7H5F4N/c1-4-2-5(8)3-6(12-4)7(9,10)11/h2-3H,1H3. The van der Waals surface area contributed by atoms with Crippen molar-refractivity contribution in [2.45, 2.75) is 13.1 Å². The molecule has 0 aliphatic heterocycles. The molecule has 1 aromatic rings. The van der Waals surface area contributed by atoms with Gasteiger partial charge in [0.1, 0.15) is 11.5 Å². The zero-order valence-corrected chi connectivity index (χ0v) is 6.11. The topological polar surface area (TPSA) is 12.9 Å². The van der Waals surface area contributed by atoms with Gasteiger partial charge in [-0.3, -0.25) is 0 Å². The quantitative estimate of drug-likeness (QED) is 0.557. The minimum atomic E-state index is -4.58. The van der Waals surface area contributed by atoms with E-state index in [0.717, 1.165) is 6.07 Å². The molecule has 66 valence electrons. The van der Waals surface area contributed by atoms with Crippen LogP contribution < -0.4 is 0 Å². The normalized spacial score (nSPS) is 11.8. The van der Waals surface area contributed by atoms with E-state index >= 15 is 0 Å². The van der Waals surface area contributed by atoms with Crippen LogP contribution in [0.25, 0.3) is 0 Å². The van der Waals surface area contributed by atoms with Crippen molar-refractivity contribution in [2.75, 3.05) is 0 Å². The number of hydrogen-bond acceptors (Lipinski definition) is 1. The summed E-state index contributed by atoms with van der Waals surface area (Å²) in [6, 6.07) is 1.31. The van der Waals surface area contributed by atoms with Crippen molar-refractivity contribution in [1.29, 1.82) is 0 Å². The maximum Gasteiger partial charge on any atom is 0.433 e. The van der Waals surface area contributed by atoms with Gasteiger partial charge < -0.3 is 0 Å². The fourth-order valence-electron chi connectivity index (χ4n) is 0.772. The lowest BCUT2D eigenvalue weighted by molar-refractivity contribution is -0.141. The summed E-state index contributed by atoms with van der Waals surface area (Å²) in [6.45, 7) is 1.30. The largest absolute Gasteiger partial charge is 0.433 e. The fourth-order valence-corrected chi connectivity index (χ4v) is 0.772. The van der Waals surface area contributed by atoms with Crippen molar-refractivity contribution >= 4 is 0 Å². The number of alkyl halides is 3. The van der Waals surface area contributed by atoms with Crippen LogP contribution in [0.1, 0.15) is 11.4 Å². The third-order valence-corrected chi connectivity index (χ3v) is 1.21. The van der Waals surface area contributed by atoms with E-state index in [4.69, 9.17) is 0 Å². The van der Waals surface area contributed by atoms with E-state index in [2.05, 4.69) is 4.98 Å². The van der Waals surface area contributed by atoms with Crippen LogP contribution in [-0.2, 0) is 6.18 Å². The first-order valence-corrected chi connectivity index (χ1v) is 3.11. The molecule has 0 aliphatic carbocycles. The third-order valence-electron chi connectivity index (χ3n) is 1.21. The third kappa shape index (κ3) is 1.93. The van der Waals surface area contributed by atoms with Crippen molar-refractivity contribution in [1.82, 2.24) is 4.98 Å². The number of pyridine rings is 1. The molecule has 0 fully saturated rings. The molecule has 0 bridgehead atoms. The SMILES string of the molecule is Cc1cc(F)cc(C(F)(F)F)n1. The molecular weight excluding hydrogens is 174 g/mol. The highest BCUT2D eigenvalue weighted by atomic mass is 19.4. The van der Waals surface area contributed by atoms with Gasteiger partial charge in [0, 0.05) is 11.8 Å². The number of halogens is 4. The van der Waals surface area contributed by atoms with E-state index in [-0.39, 0.29) is 5.69 Å². The van der Waals surface area contributed by atoms with E-state index in [0.29, 0.717) is 6.07 Å². The molecule has 0 saturated carbocycles. The van der Waals surface area contributed by atoms with Crippen LogP contribution in [0, 0.1) is 12.7 Å². The Kier molecular flexibility index (Phi) is 2.04. The van der Waals surface area contributed by atoms with Crippen molar-refractivity contribution in [2.24, 2.45) is 0 Å². The van der Waals surface area contributed by atoms with Gasteiger partial charge >= 0.3 is 6.18 Å². The van der Waals surface area contributed by atoms with E-state index < -0.39 is 17.7 Å². The summed E-state index contributed by atoms with van der Waals surface area (Å²) in [5, 5.41) is 0. The van der Waals surface area contributed by atoms with Crippen LogP contribution >= 0.6 is 0 Å². The van der Waals surface area contributed by atoms with Crippen LogP contribution in [0.15, 0.2) is 12.1 Å². The molecule has 0 unspecified atom stereocenters. The highest BCUT2D eigenvalue weighted by Crippen LogP contribution is 2.27. The number of aromatic nitrogens is 1. The minimum absolute atomic E-state index is 0.0160. The molecular formula is C7H5F4N. The van der Waals surface area contributed by atoms with Gasteiger partial charge in [-0.15, -0.1) is 0 Å². The van der Waals surface area contributed by atoms with Gasteiger partial charge in [-0.2, -0.15) is 13.2 Å². The average Bonchev–Trinajstić information content (AvgIpc) is 1.82. The van der Waals surface area contributed by atoms with Gasteiger partial charge in [-0.05, 0) is 13.0 Å². The number of aryl methyl sites for hydroxylation is 1. The molecule has 1 rings (SSSR count). The Bertz CT molecular complexity index is 272. The van der Waals surface area contributed by atoms with E-state index in [1.165, 1.54) is 6.92 Å². The Morgan fingerprint density at radius 2 is 1.83 bits per heavy atom. The summed E-state index contributed by atoms with van der Waals surface area (Å²) in [5.74, 6) is -0.921. The second kappa shape index (κ2) is 2.73. The van der Waals surface area contributed by atoms with E-state index in [1.54, 1.807) is 0 Å². The Labute approximate surface area is 66.0 Å². The van der Waals surface area contributed by atoms with Crippen LogP contribution in [0.3, 0.4) is 0 Å². The number of rotatable bonds is 0. The molecule has 0 spiro atoms. The molecule has 0 radical (unpaired) electrons. The zero-order valence-electron chi connectivity index (χ0n) is 6.11. The van der Waals surface area contributed by atoms with Crippen LogP contribution in [-0.4, -0.2) is 4.98 Å². The Morgan fingerprint density at radius 3 is 2.25 bits per heavy atom. The molecule has 0 aliphatic rings. The molecule has 1 aromatic heterocycles. The monoisotopic (exact) mass is 179 g/mol. The summed E-state index contributed by atoms with van der Waals surface area (Å²) < 4.78 is 48.2. The van der Waals surface area contributed by atoms with Crippen LogP contribution in [0.5, 0.6) is 0 Å². The second-order valence-corrected chi connectivity index (χ2v) is 2.31. The molecule has 0 amide bonds. The smallest absolute Gasteiger partial charge is 0.248 e. The van der Waals surface area contributed by atoms with Gasteiger partial charge in [0.15, 0.2) is 0 Å². The summed E-state index contributed by atoms with van der Waals surface area (Å²) in [5.41, 5.74) is -1.18. The van der Waals surface area contributed by atoms with Gasteiger partial charge in [-0.1, -0.05) is 0 Å². The zero-order chi connectivity index (χ0) is 9.35. The van der Waals surface area contributed by atoms with E-state index in [1.807, 2.05) is 0 Å². The molecule has 0 N–H and O–H groups in total. The highest BCUT2D eigenvalue weighted by molar-refractivity contribution is 5.14. The lowest BCUT2D eigenvalue weighted by atomic mass is 10.3. The van der Waals surface area contributed by atoms with Gasteiger partial charge in [0.2, 0.25) is 0 Å². The maximum absolute atomic E-state index is 12.4. The molecule has 5 heteroatoms. The Hall–Kier alpha value is -1.13. The molecule has 0 aromatic carbocycles. The van der Waals surface area contributed by atoms with Crippen molar-refractivity contribution < 1.29 is 17.6 Å². The first-order chi connectivity index (χ1) is 5.39. The lowest BCUT2D eigenvalue weighted by Crippen LogP contribution is -2.09. The van der Waals surface area contributed by atoms with Crippen LogP contribution in [0.4, 0.5) is 17.6 Å². The van der Waals surface area contributed by atoms with Crippen molar-refractivity contribution in [3.8, 4) is 0 Å². The first kappa shape index (κ1) is 8.96.